The quantitative estimate of drug-likeness (QED) is 0.514. The maximum Gasteiger partial charge on any atom is 0.261 e. The Morgan fingerprint density at radius 1 is 0.933 bits per heavy atom. The highest BCUT2D eigenvalue weighted by molar-refractivity contribution is 7.99. The van der Waals surface area contributed by atoms with E-state index in [1.807, 2.05) is 50.2 Å². The van der Waals surface area contributed by atoms with Crippen molar-refractivity contribution in [2.45, 2.75) is 29.7 Å². The van der Waals surface area contributed by atoms with Crippen molar-refractivity contribution in [2.24, 2.45) is 0 Å². The molecule has 0 aliphatic rings. The SMILES string of the molecule is Cc1cccc(NS(=O)(=O)c2ccc(NC(=O)[C@H](C)SCc3ccccc3)cc2)c1. The number of hydrogen-bond donors (Lipinski definition) is 2. The molecular weight excluding hydrogens is 416 g/mol. The molecule has 0 aliphatic heterocycles. The number of carbonyl (C=O) groups excluding carboxylic acids is 1. The number of anilines is 2. The van der Waals surface area contributed by atoms with E-state index in [1.165, 1.54) is 12.1 Å². The van der Waals surface area contributed by atoms with Gasteiger partial charge in [0.2, 0.25) is 5.91 Å². The zero-order valence-corrected chi connectivity index (χ0v) is 18.5. The van der Waals surface area contributed by atoms with Gasteiger partial charge in [-0.3, -0.25) is 9.52 Å². The van der Waals surface area contributed by atoms with Gasteiger partial charge in [-0.25, -0.2) is 8.42 Å². The molecule has 2 N–H and O–H groups in total. The van der Waals surface area contributed by atoms with Crippen molar-refractivity contribution in [1.29, 1.82) is 0 Å². The fourth-order valence-electron chi connectivity index (χ4n) is 2.76. The highest BCUT2D eigenvalue weighted by Gasteiger charge is 2.16. The summed E-state index contributed by atoms with van der Waals surface area (Å²) in [5.41, 5.74) is 3.20. The van der Waals surface area contributed by atoms with Crippen LogP contribution in [-0.2, 0) is 20.6 Å². The van der Waals surface area contributed by atoms with Crippen LogP contribution in [-0.4, -0.2) is 19.6 Å². The van der Waals surface area contributed by atoms with E-state index in [1.54, 1.807) is 42.1 Å². The van der Waals surface area contributed by atoms with Crippen molar-refractivity contribution in [3.63, 3.8) is 0 Å². The van der Waals surface area contributed by atoms with Crippen LogP contribution in [0.1, 0.15) is 18.1 Å². The van der Waals surface area contributed by atoms with Crippen molar-refractivity contribution in [3.8, 4) is 0 Å². The lowest BCUT2D eigenvalue weighted by molar-refractivity contribution is -0.115. The zero-order valence-electron chi connectivity index (χ0n) is 16.8. The standard InChI is InChI=1S/C23H24N2O3S2/c1-17-7-6-10-21(15-17)25-30(27,28)22-13-11-20(12-14-22)24-23(26)18(2)29-16-19-8-4-3-5-9-19/h3-15,18,25H,16H2,1-2H3,(H,24,26)/t18-/m0/s1. The topological polar surface area (TPSA) is 75.3 Å². The molecule has 30 heavy (non-hydrogen) atoms. The summed E-state index contributed by atoms with van der Waals surface area (Å²) in [5, 5.41) is 2.60. The predicted octanol–water partition coefficient (Wildman–Crippen LogP) is 5.06. The average Bonchev–Trinajstić information content (AvgIpc) is 2.73. The highest BCUT2D eigenvalue weighted by Crippen LogP contribution is 2.21. The molecule has 0 fully saturated rings. The van der Waals surface area contributed by atoms with Crippen LogP contribution in [0, 0.1) is 6.92 Å². The summed E-state index contributed by atoms with van der Waals surface area (Å²) in [5.74, 6) is 0.626. The predicted molar refractivity (Wildman–Crippen MR) is 124 cm³/mol. The third-order valence-electron chi connectivity index (χ3n) is 4.41. The molecule has 0 saturated carbocycles. The lowest BCUT2D eigenvalue weighted by atomic mass is 10.2. The molecule has 5 nitrogen and oxygen atoms in total. The van der Waals surface area contributed by atoms with E-state index in [4.69, 9.17) is 0 Å². The highest BCUT2D eigenvalue weighted by atomic mass is 32.2. The second-order valence-corrected chi connectivity index (χ2v) is 9.94. The van der Waals surface area contributed by atoms with Gasteiger partial charge in [0.25, 0.3) is 10.0 Å². The summed E-state index contributed by atoms with van der Waals surface area (Å²) in [7, 11) is -3.70. The Morgan fingerprint density at radius 3 is 2.30 bits per heavy atom. The first kappa shape index (κ1) is 21.9. The Bertz CT molecular complexity index is 1100. The number of hydrogen-bond acceptors (Lipinski definition) is 4. The van der Waals surface area contributed by atoms with Crippen LogP contribution in [0.4, 0.5) is 11.4 Å². The smallest absolute Gasteiger partial charge is 0.261 e. The van der Waals surface area contributed by atoms with Gasteiger partial charge in [0, 0.05) is 17.1 Å². The van der Waals surface area contributed by atoms with Crippen molar-refractivity contribution in [2.75, 3.05) is 10.0 Å². The minimum absolute atomic E-state index is 0.121. The monoisotopic (exact) mass is 440 g/mol. The first-order valence-corrected chi connectivity index (χ1v) is 12.0. The number of aryl methyl sites for hydroxylation is 1. The Kier molecular flexibility index (Phi) is 7.18. The van der Waals surface area contributed by atoms with E-state index in [-0.39, 0.29) is 16.1 Å². The summed E-state index contributed by atoms with van der Waals surface area (Å²) < 4.78 is 27.7. The lowest BCUT2D eigenvalue weighted by Crippen LogP contribution is -2.22. The van der Waals surface area contributed by atoms with Crippen LogP contribution in [0.25, 0.3) is 0 Å². The van der Waals surface area contributed by atoms with Gasteiger partial charge in [-0.05, 0) is 61.4 Å². The fraction of sp³-hybridized carbons (Fsp3) is 0.174. The van der Waals surface area contributed by atoms with Gasteiger partial charge >= 0.3 is 0 Å². The van der Waals surface area contributed by atoms with Gasteiger partial charge in [-0.1, -0.05) is 42.5 Å². The first-order valence-electron chi connectivity index (χ1n) is 9.49. The summed E-state index contributed by atoms with van der Waals surface area (Å²) in [6, 6.07) is 23.3. The molecule has 0 radical (unpaired) electrons. The molecule has 0 bridgehead atoms. The van der Waals surface area contributed by atoms with Gasteiger partial charge in [0.05, 0.1) is 10.1 Å². The van der Waals surface area contributed by atoms with Gasteiger partial charge < -0.3 is 5.32 Å². The molecule has 0 aromatic heterocycles. The molecule has 0 spiro atoms. The van der Waals surface area contributed by atoms with Gasteiger partial charge in [-0.2, -0.15) is 0 Å². The maximum absolute atomic E-state index is 12.6. The molecule has 0 aliphatic carbocycles. The Hall–Kier alpha value is -2.77. The molecule has 156 valence electrons. The van der Waals surface area contributed by atoms with Gasteiger partial charge in [0.15, 0.2) is 0 Å². The Labute approximate surface area is 182 Å². The number of sulfonamides is 1. The van der Waals surface area contributed by atoms with E-state index >= 15 is 0 Å². The number of thioether (sulfide) groups is 1. The van der Waals surface area contributed by atoms with E-state index in [2.05, 4.69) is 10.0 Å². The molecular formula is C23H24N2O3S2. The molecule has 0 heterocycles. The number of amides is 1. The van der Waals surface area contributed by atoms with Crippen LogP contribution in [0.5, 0.6) is 0 Å². The minimum atomic E-state index is -3.70. The number of benzene rings is 3. The third kappa shape index (κ3) is 6.11. The van der Waals surface area contributed by atoms with Crippen LogP contribution < -0.4 is 10.0 Å². The lowest BCUT2D eigenvalue weighted by Gasteiger charge is -2.13. The number of rotatable bonds is 8. The fourth-order valence-corrected chi connectivity index (χ4v) is 4.65. The molecule has 1 atom stereocenters. The third-order valence-corrected chi connectivity index (χ3v) is 7.03. The van der Waals surface area contributed by atoms with E-state index in [0.717, 1.165) is 16.9 Å². The molecule has 3 rings (SSSR count). The summed E-state index contributed by atoms with van der Waals surface area (Å²) in [6.45, 7) is 3.75. The van der Waals surface area contributed by atoms with E-state index < -0.39 is 10.0 Å². The van der Waals surface area contributed by atoms with E-state index in [0.29, 0.717) is 11.4 Å². The van der Waals surface area contributed by atoms with Crippen molar-refractivity contribution in [1.82, 2.24) is 0 Å². The molecule has 0 unspecified atom stereocenters. The molecule has 3 aromatic carbocycles. The van der Waals surface area contributed by atoms with Crippen LogP contribution in [0.3, 0.4) is 0 Å². The Balaban J connectivity index is 1.58. The van der Waals surface area contributed by atoms with Gasteiger partial charge in [-0.15, -0.1) is 11.8 Å². The summed E-state index contributed by atoms with van der Waals surface area (Å²) >= 11 is 1.55. The zero-order chi connectivity index (χ0) is 21.6. The number of carbonyl (C=O) groups is 1. The Morgan fingerprint density at radius 2 is 1.63 bits per heavy atom. The van der Waals surface area contributed by atoms with Crippen molar-refractivity contribution < 1.29 is 13.2 Å². The maximum atomic E-state index is 12.6. The minimum Gasteiger partial charge on any atom is -0.325 e. The normalized spacial score (nSPS) is 12.2. The average molecular weight is 441 g/mol. The largest absolute Gasteiger partial charge is 0.325 e. The second-order valence-electron chi connectivity index (χ2n) is 6.93. The summed E-state index contributed by atoms with van der Waals surface area (Å²) in [4.78, 5) is 12.6. The molecule has 1 amide bonds. The number of nitrogens with one attached hydrogen (secondary N) is 2. The first-order chi connectivity index (χ1) is 14.3. The van der Waals surface area contributed by atoms with Crippen molar-refractivity contribution >= 4 is 39.1 Å². The van der Waals surface area contributed by atoms with Crippen molar-refractivity contribution in [3.05, 3.63) is 90.0 Å². The molecule has 3 aromatic rings. The molecule has 0 saturated heterocycles. The van der Waals surface area contributed by atoms with Crippen LogP contribution in [0.2, 0.25) is 0 Å². The summed E-state index contributed by atoms with van der Waals surface area (Å²) in [6.07, 6.45) is 0. The van der Waals surface area contributed by atoms with Crippen LogP contribution in [0.15, 0.2) is 83.8 Å². The van der Waals surface area contributed by atoms with Gasteiger partial charge in [0.1, 0.15) is 0 Å². The second kappa shape index (κ2) is 9.82. The molecule has 7 heteroatoms. The van der Waals surface area contributed by atoms with Crippen LogP contribution >= 0.6 is 11.8 Å². The van der Waals surface area contributed by atoms with E-state index in [9.17, 15) is 13.2 Å².